The Morgan fingerprint density at radius 3 is 2.88 bits per heavy atom. The minimum absolute atomic E-state index is 0.0365. The van der Waals surface area contributed by atoms with E-state index in [1.165, 1.54) is 23.1 Å². The molecule has 4 nitrogen and oxygen atoms in total. The van der Waals surface area contributed by atoms with Gasteiger partial charge in [-0.2, -0.15) is 0 Å². The first-order valence-corrected chi connectivity index (χ1v) is 5.10. The predicted octanol–water partition coefficient (Wildman–Crippen LogP) is 0.615. The molecule has 1 aliphatic heterocycles. The van der Waals surface area contributed by atoms with Crippen LogP contribution in [0.1, 0.15) is 16.8 Å². The van der Waals surface area contributed by atoms with Crippen molar-refractivity contribution in [3.63, 3.8) is 0 Å². The van der Waals surface area contributed by atoms with E-state index in [0.29, 0.717) is 25.1 Å². The van der Waals surface area contributed by atoms with Crippen LogP contribution < -0.4 is 5.73 Å². The van der Waals surface area contributed by atoms with E-state index in [4.69, 9.17) is 5.73 Å². The summed E-state index contributed by atoms with van der Waals surface area (Å²) in [6.07, 6.45) is 0.129. The zero-order valence-electron chi connectivity index (χ0n) is 8.69. The molecule has 0 aromatic heterocycles. The van der Waals surface area contributed by atoms with E-state index >= 15 is 0 Å². The molecule has 1 aromatic rings. The summed E-state index contributed by atoms with van der Waals surface area (Å²) in [6, 6.07) is 3.90. The zero-order valence-corrected chi connectivity index (χ0v) is 8.69. The molecule has 3 N–H and O–H groups in total. The third-order valence-corrected chi connectivity index (χ3v) is 2.69. The van der Waals surface area contributed by atoms with Crippen LogP contribution >= 0.6 is 0 Å². The summed E-state index contributed by atoms with van der Waals surface area (Å²) in [7, 11) is 0. The van der Waals surface area contributed by atoms with Gasteiger partial charge in [0.25, 0.3) is 5.91 Å². The molecule has 0 radical (unpaired) electrons. The standard InChI is InChI=1S/C11H13FN2O2/c12-9-2-1-7(5-10(9)13)11(16)14-4-3-8(15)6-14/h1-2,5,8,15H,3-4,6,13H2/t8-/m1/s1. The van der Waals surface area contributed by atoms with Gasteiger partial charge in [-0.15, -0.1) is 0 Å². The molecule has 16 heavy (non-hydrogen) atoms. The van der Waals surface area contributed by atoms with Crippen molar-refractivity contribution in [3.8, 4) is 0 Å². The summed E-state index contributed by atoms with van der Waals surface area (Å²) >= 11 is 0. The lowest BCUT2D eigenvalue weighted by molar-refractivity contribution is 0.0765. The van der Waals surface area contributed by atoms with Gasteiger partial charge in [-0.1, -0.05) is 0 Å². The molecule has 5 heteroatoms. The SMILES string of the molecule is Nc1cc(C(=O)N2CC[C@@H](O)C2)ccc1F. The number of amides is 1. The summed E-state index contributed by atoms with van der Waals surface area (Å²) < 4.78 is 12.9. The maximum absolute atomic E-state index is 12.9. The van der Waals surface area contributed by atoms with Crippen LogP contribution in [0.4, 0.5) is 10.1 Å². The normalized spacial score (nSPS) is 20.1. The van der Waals surface area contributed by atoms with E-state index < -0.39 is 11.9 Å². The molecule has 0 saturated carbocycles. The number of carbonyl (C=O) groups excluding carboxylic acids is 1. The van der Waals surface area contributed by atoms with Crippen molar-refractivity contribution in [1.82, 2.24) is 4.90 Å². The van der Waals surface area contributed by atoms with Crippen LogP contribution in [0.5, 0.6) is 0 Å². The van der Waals surface area contributed by atoms with Crippen LogP contribution in [0.2, 0.25) is 0 Å². The van der Waals surface area contributed by atoms with Gasteiger partial charge in [-0.05, 0) is 24.6 Å². The Labute approximate surface area is 92.5 Å². The molecule has 0 bridgehead atoms. The number of aliphatic hydroxyl groups is 1. The summed E-state index contributed by atoms with van der Waals surface area (Å²) in [4.78, 5) is 13.4. The number of carbonyl (C=O) groups is 1. The lowest BCUT2D eigenvalue weighted by atomic mass is 10.1. The van der Waals surface area contributed by atoms with Gasteiger partial charge in [0, 0.05) is 18.7 Å². The summed E-state index contributed by atoms with van der Waals surface area (Å²) in [6.45, 7) is 0.855. The second kappa shape index (κ2) is 4.09. The van der Waals surface area contributed by atoms with Crippen LogP contribution in [-0.2, 0) is 0 Å². The highest BCUT2D eigenvalue weighted by atomic mass is 19.1. The van der Waals surface area contributed by atoms with E-state index in [2.05, 4.69) is 0 Å². The molecular formula is C11H13FN2O2. The average molecular weight is 224 g/mol. The van der Waals surface area contributed by atoms with Crippen molar-refractivity contribution in [2.24, 2.45) is 0 Å². The Kier molecular flexibility index (Phi) is 2.78. The molecule has 1 aromatic carbocycles. The van der Waals surface area contributed by atoms with Gasteiger partial charge in [-0.3, -0.25) is 4.79 Å². The largest absolute Gasteiger partial charge is 0.396 e. The minimum Gasteiger partial charge on any atom is -0.396 e. The van der Waals surface area contributed by atoms with E-state index in [0.717, 1.165) is 0 Å². The molecule has 86 valence electrons. The van der Waals surface area contributed by atoms with Gasteiger partial charge in [0.2, 0.25) is 0 Å². The maximum Gasteiger partial charge on any atom is 0.254 e. The van der Waals surface area contributed by atoms with Gasteiger partial charge >= 0.3 is 0 Å². The maximum atomic E-state index is 12.9. The van der Waals surface area contributed by atoms with E-state index in [-0.39, 0.29) is 11.6 Å². The van der Waals surface area contributed by atoms with Crippen LogP contribution in [0, 0.1) is 5.82 Å². The van der Waals surface area contributed by atoms with E-state index in [1.54, 1.807) is 0 Å². The topological polar surface area (TPSA) is 66.6 Å². The van der Waals surface area contributed by atoms with Crippen LogP contribution in [0.15, 0.2) is 18.2 Å². The summed E-state index contributed by atoms with van der Waals surface area (Å²) in [5, 5.41) is 9.32. The van der Waals surface area contributed by atoms with Crippen LogP contribution in [-0.4, -0.2) is 35.1 Å². The Hall–Kier alpha value is -1.62. The lowest BCUT2D eigenvalue weighted by Gasteiger charge is -2.15. The fourth-order valence-corrected chi connectivity index (χ4v) is 1.79. The number of halogens is 1. The molecule has 1 saturated heterocycles. The number of likely N-dealkylation sites (tertiary alicyclic amines) is 1. The number of nitrogens with two attached hydrogens (primary N) is 1. The molecule has 1 fully saturated rings. The summed E-state index contributed by atoms with van der Waals surface area (Å²) in [5.41, 5.74) is 5.71. The number of aliphatic hydroxyl groups excluding tert-OH is 1. The van der Waals surface area contributed by atoms with E-state index in [9.17, 15) is 14.3 Å². The Morgan fingerprint density at radius 1 is 1.56 bits per heavy atom. The number of rotatable bonds is 1. The van der Waals surface area contributed by atoms with Gasteiger partial charge in [0.15, 0.2) is 0 Å². The Bertz CT molecular complexity index is 422. The monoisotopic (exact) mass is 224 g/mol. The van der Waals surface area contributed by atoms with Gasteiger partial charge < -0.3 is 15.7 Å². The number of anilines is 1. The van der Waals surface area contributed by atoms with Crippen molar-refractivity contribution in [2.75, 3.05) is 18.8 Å². The number of nitrogens with zero attached hydrogens (tertiary/aromatic N) is 1. The first-order valence-electron chi connectivity index (χ1n) is 5.10. The fraction of sp³-hybridized carbons (Fsp3) is 0.364. The molecule has 0 unspecified atom stereocenters. The Morgan fingerprint density at radius 2 is 2.31 bits per heavy atom. The molecule has 1 heterocycles. The van der Waals surface area contributed by atoms with Crippen molar-refractivity contribution in [2.45, 2.75) is 12.5 Å². The minimum atomic E-state index is -0.530. The van der Waals surface area contributed by atoms with Crippen molar-refractivity contribution in [3.05, 3.63) is 29.6 Å². The molecule has 1 aliphatic rings. The average Bonchev–Trinajstić information content (AvgIpc) is 2.68. The number of hydrogen-bond donors (Lipinski definition) is 2. The first kappa shape index (κ1) is 10.9. The van der Waals surface area contributed by atoms with Crippen molar-refractivity contribution in [1.29, 1.82) is 0 Å². The molecular weight excluding hydrogens is 211 g/mol. The third-order valence-electron chi connectivity index (χ3n) is 2.69. The Balaban J connectivity index is 2.18. The highest BCUT2D eigenvalue weighted by molar-refractivity contribution is 5.95. The number of benzene rings is 1. The molecule has 1 atom stereocenters. The molecule has 0 spiro atoms. The fourth-order valence-electron chi connectivity index (χ4n) is 1.79. The first-order chi connectivity index (χ1) is 7.58. The quantitative estimate of drug-likeness (QED) is 0.687. The lowest BCUT2D eigenvalue weighted by Crippen LogP contribution is -2.29. The van der Waals surface area contributed by atoms with Gasteiger partial charge in [0.1, 0.15) is 5.82 Å². The summed E-state index contributed by atoms with van der Waals surface area (Å²) in [5.74, 6) is -0.749. The van der Waals surface area contributed by atoms with Gasteiger partial charge in [0.05, 0.1) is 11.8 Å². The highest BCUT2D eigenvalue weighted by Crippen LogP contribution is 2.17. The molecule has 2 rings (SSSR count). The third kappa shape index (κ3) is 1.99. The van der Waals surface area contributed by atoms with Crippen LogP contribution in [0.3, 0.4) is 0 Å². The predicted molar refractivity (Wildman–Crippen MR) is 57.3 cm³/mol. The number of hydrogen-bond acceptors (Lipinski definition) is 3. The molecule has 0 aliphatic carbocycles. The van der Waals surface area contributed by atoms with Crippen molar-refractivity contribution < 1.29 is 14.3 Å². The number of nitrogen functional groups attached to an aromatic ring is 1. The number of β-amino-alcohol motifs (C(OH)–C–C–N with tert-alkyl or cyclic N) is 1. The van der Waals surface area contributed by atoms with Crippen LogP contribution in [0.25, 0.3) is 0 Å². The smallest absolute Gasteiger partial charge is 0.254 e. The van der Waals surface area contributed by atoms with Crippen molar-refractivity contribution >= 4 is 11.6 Å². The highest BCUT2D eigenvalue weighted by Gasteiger charge is 2.25. The second-order valence-corrected chi connectivity index (χ2v) is 3.93. The second-order valence-electron chi connectivity index (χ2n) is 3.93. The van der Waals surface area contributed by atoms with Gasteiger partial charge in [-0.25, -0.2) is 4.39 Å². The van der Waals surface area contributed by atoms with E-state index in [1.807, 2.05) is 0 Å². The molecule has 1 amide bonds. The zero-order chi connectivity index (χ0) is 11.7.